The van der Waals surface area contributed by atoms with E-state index in [0.717, 1.165) is 12.1 Å². The van der Waals surface area contributed by atoms with E-state index in [2.05, 4.69) is 11.8 Å². The topological polar surface area (TPSA) is 52.9 Å². The van der Waals surface area contributed by atoms with E-state index in [4.69, 9.17) is 4.74 Å². The molecule has 2 rings (SSSR count). The molecule has 0 aromatic heterocycles. The van der Waals surface area contributed by atoms with Crippen molar-refractivity contribution in [1.82, 2.24) is 4.90 Å². The van der Waals surface area contributed by atoms with Crippen molar-refractivity contribution in [2.75, 3.05) is 13.2 Å². The van der Waals surface area contributed by atoms with Gasteiger partial charge in [0.15, 0.2) is 0 Å². The van der Waals surface area contributed by atoms with Crippen molar-refractivity contribution < 1.29 is 19.2 Å². The lowest BCUT2D eigenvalue weighted by atomic mass is 9.76. The molecule has 1 aromatic rings. The van der Waals surface area contributed by atoms with Gasteiger partial charge in [0.2, 0.25) is 0 Å². The van der Waals surface area contributed by atoms with Crippen LogP contribution < -0.4 is 5.46 Å². The minimum atomic E-state index is -1.65. The van der Waals surface area contributed by atoms with Gasteiger partial charge in [0.1, 0.15) is 5.82 Å². The Morgan fingerprint density at radius 3 is 2.84 bits per heavy atom. The average molecular weight is 267 g/mol. The molecule has 2 atom stereocenters. The van der Waals surface area contributed by atoms with Gasteiger partial charge in [0, 0.05) is 19.1 Å². The molecule has 0 spiro atoms. The Kier molecular flexibility index (Phi) is 4.57. The van der Waals surface area contributed by atoms with Gasteiger partial charge < -0.3 is 14.8 Å². The zero-order valence-electron chi connectivity index (χ0n) is 11.2. The number of nitrogens with zero attached hydrogens (tertiary/aromatic N) is 1. The third-order valence-electron chi connectivity index (χ3n) is 3.50. The van der Waals surface area contributed by atoms with E-state index in [-0.39, 0.29) is 17.6 Å². The largest absolute Gasteiger partial charge is 0.488 e. The van der Waals surface area contributed by atoms with Gasteiger partial charge in [-0.3, -0.25) is 4.90 Å². The fourth-order valence-corrected chi connectivity index (χ4v) is 2.36. The first-order valence-electron chi connectivity index (χ1n) is 6.47. The molecule has 0 amide bonds. The number of morpholine rings is 1. The molecule has 1 aromatic carbocycles. The van der Waals surface area contributed by atoms with Crippen LogP contribution in [-0.4, -0.2) is 47.4 Å². The number of hydrogen-bond acceptors (Lipinski definition) is 4. The van der Waals surface area contributed by atoms with E-state index in [1.54, 1.807) is 6.07 Å². The van der Waals surface area contributed by atoms with Crippen LogP contribution in [0.2, 0.25) is 0 Å². The lowest BCUT2D eigenvalue weighted by molar-refractivity contribution is -0.0525. The molecule has 1 aliphatic heterocycles. The second kappa shape index (κ2) is 6.01. The fourth-order valence-electron chi connectivity index (χ4n) is 2.36. The highest BCUT2D eigenvalue weighted by Gasteiger charge is 2.25. The Morgan fingerprint density at radius 2 is 2.16 bits per heavy atom. The zero-order chi connectivity index (χ0) is 14.0. The van der Waals surface area contributed by atoms with Crippen LogP contribution >= 0.6 is 0 Å². The highest BCUT2D eigenvalue weighted by atomic mass is 19.1. The molecule has 4 nitrogen and oxygen atoms in total. The van der Waals surface area contributed by atoms with Crippen LogP contribution in [0.15, 0.2) is 18.2 Å². The van der Waals surface area contributed by atoms with E-state index in [9.17, 15) is 14.4 Å². The minimum absolute atomic E-state index is 0.152. The van der Waals surface area contributed by atoms with Gasteiger partial charge in [-0.25, -0.2) is 4.39 Å². The Hall–Kier alpha value is -0.945. The zero-order valence-corrected chi connectivity index (χ0v) is 11.2. The predicted octanol–water partition coefficient (Wildman–Crippen LogP) is 0.115. The third kappa shape index (κ3) is 3.54. The SMILES string of the molecule is CC1CN(Cc2ccc(F)cc2B(O)O)C(C)CO1. The smallest absolute Gasteiger partial charge is 0.423 e. The molecule has 1 aliphatic rings. The van der Waals surface area contributed by atoms with Crippen molar-refractivity contribution in [3.63, 3.8) is 0 Å². The van der Waals surface area contributed by atoms with Crippen LogP contribution in [0.4, 0.5) is 4.39 Å². The molecule has 1 fully saturated rings. The van der Waals surface area contributed by atoms with Gasteiger partial charge in [0.25, 0.3) is 0 Å². The standard InChI is InChI=1S/C13H19BFNO3/c1-9-8-19-10(2)6-16(9)7-11-3-4-12(15)5-13(11)14(17)18/h3-5,9-10,17-18H,6-8H2,1-2H3. The molecule has 0 saturated carbocycles. The second-order valence-corrected chi connectivity index (χ2v) is 5.14. The van der Waals surface area contributed by atoms with E-state index in [0.29, 0.717) is 13.2 Å². The lowest BCUT2D eigenvalue weighted by Crippen LogP contribution is -2.48. The summed E-state index contributed by atoms with van der Waals surface area (Å²) in [7, 11) is -1.65. The van der Waals surface area contributed by atoms with Crippen LogP contribution in [0.1, 0.15) is 19.4 Å². The average Bonchev–Trinajstić information content (AvgIpc) is 2.35. The summed E-state index contributed by atoms with van der Waals surface area (Å²) >= 11 is 0. The van der Waals surface area contributed by atoms with Crippen molar-refractivity contribution in [3.05, 3.63) is 29.6 Å². The summed E-state index contributed by atoms with van der Waals surface area (Å²) in [5, 5.41) is 18.6. The molecule has 1 saturated heterocycles. The van der Waals surface area contributed by atoms with Crippen LogP contribution in [0.3, 0.4) is 0 Å². The second-order valence-electron chi connectivity index (χ2n) is 5.14. The Bertz CT molecular complexity index is 444. The van der Waals surface area contributed by atoms with Crippen LogP contribution in [-0.2, 0) is 11.3 Å². The van der Waals surface area contributed by atoms with Crippen molar-refractivity contribution in [3.8, 4) is 0 Å². The molecular formula is C13H19BFNO3. The van der Waals surface area contributed by atoms with E-state index in [1.807, 2.05) is 6.92 Å². The summed E-state index contributed by atoms with van der Waals surface area (Å²) in [6.45, 7) is 6.05. The first-order chi connectivity index (χ1) is 8.97. The molecular weight excluding hydrogens is 248 g/mol. The summed E-state index contributed by atoms with van der Waals surface area (Å²) in [6.07, 6.45) is 0.152. The quantitative estimate of drug-likeness (QED) is 0.763. The normalized spacial score (nSPS) is 24.5. The van der Waals surface area contributed by atoms with Crippen LogP contribution in [0.5, 0.6) is 0 Å². The first-order valence-corrected chi connectivity index (χ1v) is 6.47. The van der Waals surface area contributed by atoms with Gasteiger partial charge >= 0.3 is 7.12 Å². The summed E-state index contributed by atoms with van der Waals surface area (Å²) in [5.41, 5.74) is 0.962. The summed E-state index contributed by atoms with van der Waals surface area (Å²) < 4.78 is 18.7. The summed E-state index contributed by atoms with van der Waals surface area (Å²) in [4.78, 5) is 2.20. The highest BCUT2D eigenvalue weighted by molar-refractivity contribution is 6.59. The molecule has 1 heterocycles. The number of halogens is 1. The maximum absolute atomic E-state index is 13.2. The predicted molar refractivity (Wildman–Crippen MR) is 71.5 cm³/mol. The molecule has 0 aliphatic carbocycles. The van der Waals surface area contributed by atoms with Gasteiger partial charge in [-0.05, 0) is 37.0 Å². The van der Waals surface area contributed by atoms with Crippen LogP contribution in [0.25, 0.3) is 0 Å². The monoisotopic (exact) mass is 267 g/mol. The van der Waals surface area contributed by atoms with Gasteiger partial charge in [0.05, 0.1) is 12.7 Å². The number of ether oxygens (including phenoxy) is 1. The van der Waals surface area contributed by atoms with Crippen molar-refractivity contribution in [1.29, 1.82) is 0 Å². The van der Waals surface area contributed by atoms with Gasteiger partial charge in [-0.1, -0.05) is 6.07 Å². The van der Waals surface area contributed by atoms with E-state index >= 15 is 0 Å². The van der Waals surface area contributed by atoms with Crippen LogP contribution in [0, 0.1) is 5.82 Å². The lowest BCUT2D eigenvalue weighted by Gasteiger charge is -2.37. The third-order valence-corrected chi connectivity index (χ3v) is 3.50. The number of hydrogen-bond donors (Lipinski definition) is 2. The van der Waals surface area contributed by atoms with Crippen molar-refractivity contribution in [2.24, 2.45) is 0 Å². The molecule has 2 N–H and O–H groups in total. The van der Waals surface area contributed by atoms with E-state index in [1.165, 1.54) is 12.1 Å². The Morgan fingerprint density at radius 1 is 1.42 bits per heavy atom. The molecule has 2 unspecified atom stereocenters. The number of rotatable bonds is 3. The summed E-state index contributed by atoms with van der Waals surface area (Å²) in [5.74, 6) is -0.463. The maximum Gasteiger partial charge on any atom is 0.488 e. The van der Waals surface area contributed by atoms with Crippen molar-refractivity contribution >= 4 is 12.6 Å². The fraction of sp³-hybridized carbons (Fsp3) is 0.538. The summed E-state index contributed by atoms with van der Waals surface area (Å²) in [6, 6.07) is 4.38. The maximum atomic E-state index is 13.2. The molecule has 0 bridgehead atoms. The Balaban J connectivity index is 2.18. The van der Waals surface area contributed by atoms with Crippen molar-refractivity contribution in [2.45, 2.75) is 32.5 Å². The number of benzene rings is 1. The highest BCUT2D eigenvalue weighted by Crippen LogP contribution is 2.15. The minimum Gasteiger partial charge on any atom is -0.423 e. The molecule has 6 heteroatoms. The van der Waals surface area contributed by atoms with E-state index < -0.39 is 12.9 Å². The molecule has 19 heavy (non-hydrogen) atoms. The van der Waals surface area contributed by atoms with Gasteiger partial charge in [-0.15, -0.1) is 0 Å². The first kappa shape index (κ1) is 14.5. The van der Waals surface area contributed by atoms with Gasteiger partial charge in [-0.2, -0.15) is 0 Å². The Labute approximate surface area is 113 Å². The molecule has 104 valence electrons. The molecule has 0 radical (unpaired) electrons.